The van der Waals surface area contributed by atoms with Crippen LogP contribution in [0.25, 0.3) is 0 Å². The van der Waals surface area contributed by atoms with Crippen molar-refractivity contribution in [3.05, 3.63) is 29.6 Å². The molecular formula is C17H27N3O3S. The number of fused-ring (bicyclic) bond motifs is 1. The monoisotopic (exact) mass is 353 g/mol. The van der Waals surface area contributed by atoms with Gasteiger partial charge in [-0.2, -0.15) is 17.0 Å². The van der Waals surface area contributed by atoms with Crippen molar-refractivity contribution in [1.29, 1.82) is 0 Å². The quantitative estimate of drug-likeness (QED) is 0.782. The number of aromatic nitrogens is 1. The molecule has 1 aliphatic carbocycles. The maximum Gasteiger partial charge on any atom is 0.281 e. The number of hydrogen-bond acceptors (Lipinski definition) is 4. The number of rotatable bonds is 6. The predicted octanol–water partition coefficient (Wildman–Crippen LogP) is 1.82. The Labute approximate surface area is 145 Å². The van der Waals surface area contributed by atoms with Crippen molar-refractivity contribution >= 4 is 10.2 Å². The van der Waals surface area contributed by atoms with Gasteiger partial charge in [0.05, 0.1) is 18.9 Å². The second kappa shape index (κ2) is 6.71. The van der Waals surface area contributed by atoms with Gasteiger partial charge < -0.3 is 4.74 Å². The first-order valence-corrected chi connectivity index (χ1v) is 9.91. The Hall–Kier alpha value is -1.02. The number of aryl methyl sites for hydroxylation is 1. The lowest BCUT2D eigenvalue weighted by atomic mass is 9.82. The van der Waals surface area contributed by atoms with Crippen molar-refractivity contribution < 1.29 is 13.2 Å². The molecule has 3 rings (SSSR count). The Kier molecular flexibility index (Phi) is 4.97. The molecule has 1 saturated heterocycles. The SMILES string of the molecule is Cc1cccc(COC[C@]23CCC[C@H]2CN(S(=O)(=O)N(C)C)C3)n1. The lowest BCUT2D eigenvalue weighted by Crippen LogP contribution is -2.40. The van der Waals surface area contributed by atoms with Crippen molar-refractivity contribution in [3.8, 4) is 0 Å². The van der Waals surface area contributed by atoms with E-state index >= 15 is 0 Å². The van der Waals surface area contributed by atoms with Crippen LogP contribution in [0.3, 0.4) is 0 Å². The molecule has 134 valence electrons. The predicted molar refractivity (Wildman–Crippen MR) is 92.6 cm³/mol. The van der Waals surface area contributed by atoms with Gasteiger partial charge in [-0.05, 0) is 37.8 Å². The fraction of sp³-hybridized carbons (Fsp3) is 0.706. The minimum absolute atomic E-state index is 0.0348. The van der Waals surface area contributed by atoms with Crippen LogP contribution in [0.2, 0.25) is 0 Å². The first kappa shape index (κ1) is 17.8. The number of hydrogen-bond donors (Lipinski definition) is 0. The molecular weight excluding hydrogens is 326 g/mol. The smallest absolute Gasteiger partial charge is 0.281 e. The molecule has 2 fully saturated rings. The molecule has 0 aromatic carbocycles. The molecule has 0 amide bonds. The normalized spacial score (nSPS) is 27.8. The topological polar surface area (TPSA) is 62.7 Å². The van der Waals surface area contributed by atoms with Crippen LogP contribution in [0.1, 0.15) is 30.7 Å². The zero-order valence-corrected chi connectivity index (χ0v) is 15.6. The van der Waals surface area contributed by atoms with Crippen LogP contribution in [-0.4, -0.2) is 55.8 Å². The summed E-state index contributed by atoms with van der Waals surface area (Å²) in [5.41, 5.74) is 1.88. The van der Waals surface area contributed by atoms with Crippen molar-refractivity contribution in [2.75, 3.05) is 33.8 Å². The van der Waals surface area contributed by atoms with Gasteiger partial charge in [0.15, 0.2) is 0 Å². The minimum Gasteiger partial charge on any atom is -0.375 e. The summed E-state index contributed by atoms with van der Waals surface area (Å²) in [5, 5.41) is 0. The third-order valence-electron chi connectivity index (χ3n) is 5.38. The second-order valence-corrected chi connectivity index (χ2v) is 9.44. The fourth-order valence-electron chi connectivity index (χ4n) is 4.05. The van der Waals surface area contributed by atoms with Crippen molar-refractivity contribution in [1.82, 2.24) is 13.6 Å². The van der Waals surface area contributed by atoms with E-state index in [4.69, 9.17) is 4.74 Å². The molecule has 1 aliphatic heterocycles. The Morgan fingerprint density at radius 1 is 1.42 bits per heavy atom. The average molecular weight is 353 g/mol. The average Bonchev–Trinajstić information content (AvgIpc) is 3.04. The molecule has 0 N–H and O–H groups in total. The highest BCUT2D eigenvalue weighted by molar-refractivity contribution is 7.86. The Morgan fingerprint density at radius 2 is 2.21 bits per heavy atom. The molecule has 0 unspecified atom stereocenters. The summed E-state index contributed by atoms with van der Waals surface area (Å²) in [6, 6.07) is 5.92. The second-order valence-electron chi connectivity index (χ2n) is 7.30. The van der Waals surface area contributed by atoms with Crippen LogP contribution in [0.5, 0.6) is 0 Å². The molecule has 0 bridgehead atoms. The molecule has 2 heterocycles. The van der Waals surface area contributed by atoms with Gasteiger partial charge in [-0.25, -0.2) is 0 Å². The van der Waals surface area contributed by atoms with Crippen LogP contribution < -0.4 is 0 Å². The van der Waals surface area contributed by atoms with E-state index in [0.29, 0.717) is 32.2 Å². The van der Waals surface area contributed by atoms with Gasteiger partial charge in [0.25, 0.3) is 10.2 Å². The van der Waals surface area contributed by atoms with E-state index in [1.807, 2.05) is 25.1 Å². The van der Waals surface area contributed by atoms with Gasteiger partial charge in [0.2, 0.25) is 0 Å². The third-order valence-corrected chi connectivity index (χ3v) is 7.24. The minimum atomic E-state index is -3.34. The molecule has 1 aromatic heterocycles. The highest BCUT2D eigenvalue weighted by atomic mass is 32.2. The molecule has 7 heteroatoms. The summed E-state index contributed by atoms with van der Waals surface area (Å²) in [4.78, 5) is 4.46. The number of ether oxygens (including phenoxy) is 1. The summed E-state index contributed by atoms with van der Waals surface area (Å²) >= 11 is 0. The van der Waals surface area contributed by atoms with Crippen molar-refractivity contribution in [2.24, 2.45) is 11.3 Å². The summed E-state index contributed by atoms with van der Waals surface area (Å²) in [6.45, 7) is 4.24. The lowest BCUT2D eigenvalue weighted by molar-refractivity contribution is 0.0276. The summed E-state index contributed by atoms with van der Waals surface area (Å²) in [6.07, 6.45) is 3.29. The number of nitrogens with zero attached hydrogens (tertiary/aromatic N) is 3. The zero-order chi connectivity index (χ0) is 17.4. The first-order valence-electron chi connectivity index (χ1n) is 8.51. The maximum atomic E-state index is 12.4. The Balaban J connectivity index is 1.65. The maximum absolute atomic E-state index is 12.4. The molecule has 24 heavy (non-hydrogen) atoms. The van der Waals surface area contributed by atoms with Crippen LogP contribution in [-0.2, 0) is 21.6 Å². The van der Waals surface area contributed by atoms with Crippen LogP contribution in [0.4, 0.5) is 0 Å². The van der Waals surface area contributed by atoms with Crippen molar-refractivity contribution in [3.63, 3.8) is 0 Å². The molecule has 6 nitrogen and oxygen atoms in total. The van der Waals surface area contributed by atoms with E-state index in [-0.39, 0.29) is 5.41 Å². The van der Waals surface area contributed by atoms with Crippen molar-refractivity contribution in [2.45, 2.75) is 32.8 Å². The highest BCUT2D eigenvalue weighted by Crippen LogP contribution is 2.49. The van der Waals surface area contributed by atoms with E-state index in [0.717, 1.165) is 30.7 Å². The van der Waals surface area contributed by atoms with Gasteiger partial charge in [0.1, 0.15) is 0 Å². The van der Waals surface area contributed by atoms with Crippen LogP contribution >= 0.6 is 0 Å². The van der Waals surface area contributed by atoms with Gasteiger partial charge >= 0.3 is 0 Å². The third kappa shape index (κ3) is 3.35. The molecule has 1 aromatic rings. The van der Waals surface area contributed by atoms with Gasteiger partial charge in [0, 0.05) is 38.3 Å². The van der Waals surface area contributed by atoms with Crippen LogP contribution in [0.15, 0.2) is 18.2 Å². The summed E-state index contributed by atoms with van der Waals surface area (Å²) in [7, 11) is -0.154. The van der Waals surface area contributed by atoms with Gasteiger partial charge in [-0.15, -0.1) is 0 Å². The molecule has 2 atom stereocenters. The first-order chi connectivity index (χ1) is 11.3. The zero-order valence-electron chi connectivity index (χ0n) is 14.7. The molecule has 0 spiro atoms. The lowest BCUT2D eigenvalue weighted by Gasteiger charge is -2.29. The summed E-state index contributed by atoms with van der Waals surface area (Å²) in [5.74, 6) is 0.401. The van der Waals surface area contributed by atoms with E-state index in [2.05, 4.69) is 4.98 Å². The van der Waals surface area contributed by atoms with Gasteiger partial charge in [-0.3, -0.25) is 4.98 Å². The summed E-state index contributed by atoms with van der Waals surface area (Å²) < 4.78 is 33.8. The fourth-order valence-corrected chi connectivity index (χ4v) is 5.30. The molecule has 2 aliphatic rings. The van der Waals surface area contributed by atoms with E-state index in [9.17, 15) is 8.42 Å². The highest BCUT2D eigenvalue weighted by Gasteiger charge is 2.52. The van der Waals surface area contributed by atoms with E-state index in [1.54, 1.807) is 18.4 Å². The van der Waals surface area contributed by atoms with E-state index < -0.39 is 10.2 Å². The molecule has 1 saturated carbocycles. The molecule has 0 radical (unpaired) electrons. The number of pyridine rings is 1. The standard InChI is InChI=1S/C17H27N3O3S/c1-14-6-4-8-16(18-14)11-23-13-17-9-5-7-15(17)10-20(12-17)24(21,22)19(2)3/h4,6,8,15H,5,7,9-13H2,1-3H3/t15-,17+/m0/s1. The largest absolute Gasteiger partial charge is 0.375 e. The van der Waals surface area contributed by atoms with E-state index in [1.165, 1.54) is 4.31 Å². The Bertz CT molecular complexity index is 692. The Morgan fingerprint density at radius 3 is 2.92 bits per heavy atom. The van der Waals surface area contributed by atoms with Gasteiger partial charge in [-0.1, -0.05) is 12.5 Å². The van der Waals surface area contributed by atoms with Crippen LogP contribution in [0, 0.1) is 18.3 Å².